The second kappa shape index (κ2) is 17.3. The summed E-state index contributed by atoms with van der Waals surface area (Å²) in [5.41, 5.74) is 1.11. The summed E-state index contributed by atoms with van der Waals surface area (Å²) in [4.78, 5) is 30.3. The average molecular weight is 385 g/mol. The van der Waals surface area contributed by atoms with E-state index in [1.807, 2.05) is 20.8 Å². The topological polar surface area (TPSA) is 96.5 Å². The molecule has 0 atom stereocenters. The Bertz CT molecular complexity index is 459. The molecule has 1 aromatic rings. The Hall–Kier alpha value is -2.09. The van der Waals surface area contributed by atoms with Gasteiger partial charge in [-0.1, -0.05) is 13.8 Å². The second-order valence-electron chi connectivity index (χ2n) is 5.84. The van der Waals surface area contributed by atoms with Crippen molar-refractivity contribution in [3.63, 3.8) is 0 Å². The smallest absolute Gasteiger partial charge is 0.407 e. The van der Waals surface area contributed by atoms with Gasteiger partial charge in [0.25, 0.3) is 0 Å². The zero-order chi connectivity index (χ0) is 20.3. The number of H-pyrrole nitrogens is 1. The fourth-order valence-corrected chi connectivity index (χ4v) is 2.31. The first-order valence-electron chi connectivity index (χ1n) is 9.75. The van der Waals surface area contributed by atoms with Crippen LogP contribution in [0.1, 0.15) is 51.6 Å². The molecule has 2 saturated heterocycles. The van der Waals surface area contributed by atoms with Crippen LogP contribution in [0, 0.1) is 6.92 Å². The number of amides is 2. The number of alkyl carbamates (subject to hydrolysis) is 1. The molecule has 0 aromatic carbocycles. The first-order chi connectivity index (χ1) is 13.1. The summed E-state index contributed by atoms with van der Waals surface area (Å²) in [7, 11) is 1.27. The van der Waals surface area contributed by atoms with Crippen molar-refractivity contribution in [2.24, 2.45) is 0 Å². The van der Waals surface area contributed by atoms with Crippen LogP contribution in [0.2, 0.25) is 0 Å². The third-order valence-electron chi connectivity index (χ3n) is 3.74. The lowest BCUT2D eigenvalue weighted by Gasteiger charge is -2.14. The lowest BCUT2D eigenvalue weighted by molar-refractivity contribution is -0.129. The molecule has 0 saturated carbocycles. The van der Waals surface area contributed by atoms with E-state index >= 15 is 0 Å². The van der Waals surface area contributed by atoms with E-state index in [9.17, 15) is 9.59 Å². The van der Waals surface area contributed by atoms with Crippen molar-refractivity contribution in [3.05, 3.63) is 18.2 Å². The van der Waals surface area contributed by atoms with Crippen LogP contribution >= 0.6 is 0 Å². The number of rotatable bonds is 2. The Labute approximate surface area is 163 Å². The van der Waals surface area contributed by atoms with Gasteiger partial charge in [0.05, 0.1) is 13.4 Å². The molecule has 1 aromatic heterocycles. The molecule has 2 amide bonds. The molecule has 0 aliphatic carbocycles. The minimum atomic E-state index is -0.562. The highest BCUT2D eigenvalue weighted by Crippen LogP contribution is 2.06. The van der Waals surface area contributed by atoms with Gasteiger partial charge in [0.2, 0.25) is 5.91 Å². The van der Waals surface area contributed by atoms with Gasteiger partial charge in [-0.15, -0.1) is 0 Å². The third-order valence-corrected chi connectivity index (χ3v) is 3.74. The fourth-order valence-electron chi connectivity index (χ4n) is 2.31. The van der Waals surface area contributed by atoms with Gasteiger partial charge in [0.15, 0.2) is 0 Å². The number of carbonyl (C=O) groups is 2. The van der Waals surface area contributed by atoms with Crippen LogP contribution in [0.25, 0.3) is 0 Å². The van der Waals surface area contributed by atoms with Gasteiger partial charge in [-0.25, -0.2) is 9.78 Å². The predicted octanol–water partition coefficient (Wildman–Crippen LogP) is 2.90. The van der Waals surface area contributed by atoms with Gasteiger partial charge in [0.1, 0.15) is 6.54 Å². The number of ether oxygens (including phenoxy) is 2. The highest BCUT2D eigenvalue weighted by Gasteiger charge is 2.17. The molecule has 0 unspecified atom stereocenters. The summed E-state index contributed by atoms with van der Waals surface area (Å²) in [6, 6.07) is 0. The van der Waals surface area contributed by atoms with E-state index in [4.69, 9.17) is 4.74 Å². The second-order valence-corrected chi connectivity index (χ2v) is 5.84. The van der Waals surface area contributed by atoms with Crippen molar-refractivity contribution in [3.8, 4) is 0 Å². The van der Waals surface area contributed by atoms with Gasteiger partial charge in [-0.05, 0) is 39.0 Å². The molecule has 0 radical (unpaired) electrons. The van der Waals surface area contributed by atoms with Crippen LogP contribution in [0.3, 0.4) is 0 Å². The SMILES string of the molecule is C1CCOCC1.CC.COC(=O)NCC(=O)N1CCCC1.Cc1cnc[nH]1. The summed E-state index contributed by atoms with van der Waals surface area (Å²) in [6.07, 6.45) is 8.93. The van der Waals surface area contributed by atoms with Crippen LogP contribution < -0.4 is 5.32 Å². The van der Waals surface area contributed by atoms with Crippen molar-refractivity contribution in [1.82, 2.24) is 20.2 Å². The van der Waals surface area contributed by atoms with Crippen molar-refractivity contribution < 1.29 is 19.1 Å². The van der Waals surface area contributed by atoms with Crippen LogP contribution in [0.15, 0.2) is 12.5 Å². The van der Waals surface area contributed by atoms with Crippen LogP contribution in [0.5, 0.6) is 0 Å². The van der Waals surface area contributed by atoms with Gasteiger partial charge in [-0.2, -0.15) is 0 Å². The van der Waals surface area contributed by atoms with Gasteiger partial charge < -0.3 is 24.7 Å². The minimum Gasteiger partial charge on any atom is -0.453 e. The number of aromatic amines is 1. The van der Waals surface area contributed by atoms with Crippen LogP contribution in [0.4, 0.5) is 4.79 Å². The molecule has 156 valence electrons. The number of aromatic nitrogens is 2. The van der Waals surface area contributed by atoms with E-state index in [-0.39, 0.29) is 12.5 Å². The number of likely N-dealkylation sites (tertiary alicyclic amines) is 1. The number of hydrogen-bond donors (Lipinski definition) is 2. The zero-order valence-corrected chi connectivity index (χ0v) is 17.3. The summed E-state index contributed by atoms with van der Waals surface area (Å²) >= 11 is 0. The van der Waals surface area contributed by atoms with Gasteiger partial charge >= 0.3 is 6.09 Å². The Morgan fingerprint density at radius 3 is 2.15 bits per heavy atom. The van der Waals surface area contributed by atoms with E-state index in [1.54, 1.807) is 17.4 Å². The first kappa shape index (κ1) is 24.9. The highest BCUT2D eigenvalue weighted by molar-refractivity contribution is 5.82. The van der Waals surface area contributed by atoms with Crippen molar-refractivity contribution in [1.29, 1.82) is 0 Å². The molecule has 3 heterocycles. The molecule has 0 bridgehead atoms. The van der Waals surface area contributed by atoms with Crippen molar-refractivity contribution in [2.75, 3.05) is 40.0 Å². The molecule has 8 heteroatoms. The van der Waals surface area contributed by atoms with E-state index in [0.717, 1.165) is 44.8 Å². The fraction of sp³-hybridized carbons (Fsp3) is 0.737. The quantitative estimate of drug-likeness (QED) is 0.817. The molecule has 2 N–H and O–H groups in total. The molecule has 2 aliphatic heterocycles. The Kier molecular flexibility index (Phi) is 16.0. The third kappa shape index (κ3) is 13.7. The van der Waals surface area contributed by atoms with Crippen molar-refractivity contribution in [2.45, 2.75) is 52.9 Å². The number of methoxy groups -OCH3 is 1. The number of hydrogen-bond acceptors (Lipinski definition) is 5. The molecule has 0 spiro atoms. The van der Waals surface area contributed by atoms with Gasteiger partial charge in [0, 0.05) is 38.2 Å². The Morgan fingerprint density at radius 2 is 1.81 bits per heavy atom. The largest absolute Gasteiger partial charge is 0.453 e. The predicted molar refractivity (Wildman–Crippen MR) is 106 cm³/mol. The Balaban J connectivity index is 0.000000400. The lowest BCUT2D eigenvalue weighted by Crippen LogP contribution is -2.38. The molecule has 27 heavy (non-hydrogen) atoms. The maximum absolute atomic E-state index is 11.3. The molecular formula is C19H36N4O4. The Morgan fingerprint density at radius 1 is 1.19 bits per heavy atom. The molecular weight excluding hydrogens is 348 g/mol. The van der Waals surface area contributed by atoms with Crippen LogP contribution in [-0.4, -0.2) is 66.8 Å². The number of imidazole rings is 1. The molecule has 3 rings (SSSR count). The van der Waals surface area contributed by atoms with E-state index in [0.29, 0.717) is 0 Å². The minimum absolute atomic E-state index is 0.0344. The van der Waals surface area contributed by atoms with E-state index in [1.165, 1.54) is 26.4 Å². The highest BCUT2D eigenvalue weighted by atomic mass is 16.5. The molecule has 2 fully saturated rings. The normalized spacial score (nSPS) is 15.0. The lowest BCUT2D eigenvalue weighted by atomic mass is 10.2. The molecule has 8 nitrogen and oxygen atoms in total. The monoisotopic (exact) mass is 384 g/mol. The van der Waals surface area contributed by atoms with E-state index < -0.39 is 6.09 Å². The maximum Gasteiger partial charge on any atom is 0.407 e. The first-order valence-corrected chi connectivity index (χ1v) is 9.75. The summed E-state index contributed by atoms with van der Waals surface area (Å²) in [5, 5.41) is 2.36. The maximum atomic E-state index is 11.3. The van der Waals surface area contributed by atoms with Crippen LogP contribution in [-0.2, 0) is 14.3 Å². The van der Waals surface area contributed by atoms with Gasteiger partial charge in [-0.3, -0.25) is 4.79 Å². The summed E-state index contributed by atoms with van der Waals surface area (Å²) in [5.74, 6) is -0.0390. The van der Waals surface area contributed by atoms with Crippen molar-refractivity contribution >= 4 is 12.0 Å². The number of carbonyl (C=O) groups excluding carboxylic acids is 2. The standard InChI is InChI=1S/C8H14N2O3.C5H10O.C4H6N2.C2H6/c1-13-8(12)9-6-7(11)10-4-2-3-5-10;1-2-4-6-5-3-1;1-4-2-5-3-6-4;1-2/h2-6H2,1H3,(H,9,12);1-5H2;2-3H,1H3,(H,5,6);1-2H3. The summed E-state index contributed by atoms with van der Waals surface area (Å²) in [6.45, 7) is 9.61. The van der Waals surface area contributed by atoms with E-state index in [2.05, 4.69) is 20.0 Å². The summed E-state index contributed by atoms with van der Waals surface area (Å²) < 4.78 is 9.41. The molecule has 2 aliphatic rings. The zero-order valence-electron chi connectivity index (χ0n) is 17.3. The average Bonchev–Trinajstić information content (AvgIpc) is 3.44. The number of aryl methyl sites for hydroxylation is 1. The number of nitrogens with one attached hydrogen (secondary N) is 2. The number of nitrogens with zero attached hydrogens (tertiary/aromatic N) is 2.